The fraction of sp³-hybridized carbons (Fsp3) is 0.875. The summed E-state index contributed by atoms with van der Waals surface area (Å²) in [7, 11) is 0. The predicted octanol–water partition coefficient (Wildman–Crippen LogP) is 3.31. The third kappa shape index (κ3) is 3.48. The summed E-state index contributed by atoms with van der Waals surface area (Å²) in [5.74, 6) is 0. The van der Waals surface area contributed by atoms with Gasteiger partial charge >= 0.3 is 0 Å². The highest BCUT2D eigenvalue weighted by atomic mass is 80.0. The van der Waals surface area contributed by atoms with Crippen molar-refractivity contribution in [2.45, 2.75) is 33.5 Å². The van der Waals surface area contributed by atoms with E-state index in [4.69, 9.17) is 9.47 Å². The number of hydrogen-bond donors (Lipinski definition) is 0. The number of hydrogen-bond acceptors (Lipinski definition) is 3. The van der Waals surface area contributed by atoms with Gasteiger partial charge in [0.2, 0.25) is 0 Å². The maximum Gasteiger partial charge on any atom is 0.194 e. The van der Waals surface area contributed by atoms with E-state index in [2.05, 4.69) is 63.7 Å². The number of alkyl halides is 4. The first-order valence-electron chi connectivity index (χ1n) is 4.25. The van der Waals surface area contributed by atoms with Gasteiger partial charge in [-0.3, -0.25) is 0 Å². The minimum Gasteiger partial charge on any atom is -0.340 e. The summed E-state index contributed by atoms with van der Waals surface area (Å²) in [4.78, 5) is 10.9. The fourth-order valence-electron chi connectivity index (χ4n) is 1.33. The summed E-state index contributed by atoms with van der Waals surface area (Å²) >= 11 is 13.3. The van der Waals surface area contributed by atoms with Crippen molar-refractivity contribution in [3.05, 3.63) is 0 Å². The van der Waals surface area contributed by atoms with E-state index in [1.165, 1.54) is 0 Å². The number of rotatable bonds is 3. The van der Waals surface area contributed by atoms with Crippen LogP contribution in [0, 0.1) is 0 Å². The summed E-state index contributed by atoms with van der Waals surface area (Å²) in [6, 6.07) is 0. The van der Waals surface area contributed by atoms with Crippen LogP contribution in [-0.2, 0) is 14.3 Å². The quantitative estimate of drug-likeness (QED) is 0.466. The average molecular weight is 474 g/mol. The highest BCUT2D eigenvalue weighted by Crippen LogP contribution is 2.46. The van der Waals surface area contributed by atoms with Crippen molar-refractivity contribution in [2.24, 2.45) is 0 Å². The van der Waals surface area contributed by atoms with Crippen LogP contribution in [-0.4, -0.2) is 31.8 Å². The normalized spacial score (nSPS) is 36.9. The molecule has 1 aliphatic rings. The van der Waals surface area contributed by atoms with Crippen LogP contribution in [0.4, 0.5) is 0 Å². The minimum atomic E-state index is -0.668. The lowest BCUT2D eigenvalue weighted by atomic mass is 9.97. The molecule has 3 nitrogen and oxygen atoms in total. The zero-order chi connectivity index (χ0) is 11.7. The molecular formula is C8H10Br4O3. The first-order valence-corrected chi connectivity index (χ1v) is 7.75. The third-order valence-electron chi connectivity index (χ3n) is 2.23. The second kappa shape index (κ2) is 5.44. The highest BCUT2D eigenvalue weighted by Gasteiger charge is 2.51. The van der Waals surface area contributed by atoms with Crippen LogP contribution in [0.25, 0.3) is 0 Å². The van der Waals surface area contributed by atoms with E-state index in [-0.39, 0.29) is 0 Å². The molecule has 0 saturated carbocycles. The van der Waals surface area contributed by atoms with Crippen molar-refractivity contribution >= 4 is 70.0 Å². The summed E-state index contributed by atoms with van der Waals surface area (Å²) in [6.07, 6.45) is 0.376. The van der Waals surface area contributed by atoms with Crippen molar-refractivity contribution in [1.82, 2.24) is 0 Å². The van der Waals surface area contributed by atoms with Crippen LogP contribution in [0.2, 0.25) is 0 Å². The average Bonchev–Trinajstić information content (AvgIpc) is 2.42. The van der Waals surface area contributed by atoms with E-state index < -0.39 is 20.1 Å². The van der Waals surface area contributed by atoms with Gasteiger partial charge in [-0.2, -0.15) is 0 Å². The Kier molecular flexibility index (Phi) is 5.28. The monoisotopic (exact) mass is 470 g/mol. The Morgan fingerprint density at radius 1 is 1.47 bits per heavy atom. The summed E-state index contributed by atoms with van der Waals surface area (Å²) in [5.41, 5.74) is -0.587. The van der Waals surface area contributed by atoms with E-state index in [1.54, 1.807) is 0 Å². The van der Waals surface area contributed by atoms with Crippen LogP contribution in [0.15, 0.2) is 0 Å². The van der Waals surface area contributed by atoms with Crippen molar-refractivity contribution < 1.29 is 14.3 Å². The standard InChI is InChI=1S/C8H10Br4O3/c1-7(2-3-9)5(4-13)14-6(15-7)8(10,11)12/h4-6H,2-3H2,1H3. The molecule has 1 fully saturated rings. The molecule has 0 aliphatic carbocycles. The predicted molar refractivity (Wildman–Crippen MR) is 72.1 cm³/mol. The molecule has 0 aromatic rings. The summed E-state index contributed by atoms with van der Waals surface area (Å²) < 4.78 is 10.6. The van der Waals surface area contributed by atoms with Gasteiger partial charge in [-0.1, -0.05) is 63.7 Å². The highest BCUT2D eigenvalue weighted by molar-refractivity contribution is 9.39. The lowest BCUT2D eigenvalue weighted by Crippen LogP contribution is -2.38. The Morgan fingerprint density at radius 3 is 2.47 bits per heavy atom. The number of ether oxygens (including phenoxy) is 2. The topological polar surface area (TPSA) is 35.5 Å². The number of carbonyl (C=O) groups excluding carboxylic acids is 1. The van der Waals surface area contributed by atoms with Crippen molar-refractivity contribution in [3.8, 4) is 0 Å². The molecule has 15 heavy (non-hydrogen) atoms. The molecule has 3 unspecified atom stereocenters. The molecule has 1 aliphatic heterocycles. The SMILES string of the molecule is CC1(CCBr)OC(C(Br)(Br)Br)OC1C=O. The van der Waals surface area contributed by atoms with Gasteiger partial charge in [0.1, 0.15) is 11.7 Å². The molecule has 0 spiro atoms. The van der Waals surface area contributed by atoms with Crippen LogP contribution in [0.1, 0.15) is 13.3 Å². The van der Waals surface area contributed by atoms with Gasteiger partial charge in [-0.05, 0) is 13.3 Å². The lowest BCUT2D eigenvalue weighted by molar-refractivity contribution is -0.119. The Bertz CT molecular complexity index is 243. The Morgan fingerprint density at radius 2 is 2.07 bits per heavy atom. The van der Waals surface area contributed by atoms with Crippen molar-refractivity contribution in [2.75, 3.05) is 5.33 Å². The molecule has 3 atom stereocenters. The Balaban J connectivity index is 2.79. The van der Waals surface area contributed by atoms with E-state index in [9.17, 15) is 4.79 Å². The van der Waals surface area contributed by atoms with Crippen LogP contribution < -0.4 is 0 Å². The van der Waals surface area contributed by atoms with Gasteiger partial charge in [-0.15, -0.1) is 0 Å². The van der Waals surface area contributed by atoms with Gasteiger partial charge in [0, 0.05) is 5.33 Å². The molecule has 0 radical (unpaired) electrons. The number of carbonyl (C=O) groups is 1. The largest absolute Gasteiger partial charge is 0.340 e. The Hall–Kier alpha value is 1.51. The van der Waals surface area contributed by atoms with E-state index in [0.29, 0.717) is 6.42 Å². The van der Waals surface area contributed by atoms with Gasteiger partial charge in [-0.25, -0.2) is 0 Å². The first-order chi connectivity index (χ1) is 6.83. The molecule has 0 aromatic heterocycles. The van der Waals surface area contributed by atoms with Crippen LogP contribution >= 0.6 is 63.7 Å². The molecule has 1 saturated heterocycles. The van der Waals surface area contributed by atoms with Gasteiger partial charge in [0.15, 0.2) is 14.7 Å². The molecule has 0 N–H and O–H groups in total. The molecule has 0 amide bonds. The van der Waals surface area contributed by atoms with Gasteiger partial charge in [0.25, 0.3) is 0 Å². The maximum atomic E-state index is 10.9. The number of halogens is 4. The van der Waals surface area contributed by atoms with Crippen LogP contribution in [0.5, 0.6) is 0 Å². The molecule has 88 valence electrons. The van der Waals surface area contributed by atoms with Gasteiger partial charge in [0.05, 0.1) is 0 Å². The van der Waals surface area contributed by atoms with E-state index in [0.717, 1.165) is 11.6 Å². The molecule has 1 heterocycles. The summed E-state index contributed by atoms with van der Waals surface area (Å²) in [6.45, 7) is 1.87. The van der Waals surface area contributed by atoms with Crippen molar-refractivity contribution in [3.63, 3.8) is 0 Å². The zero-order valence-corrected chi connectivity index (χ0v) is 14.2. The third-order valence-corrected chi connectivity index (χ3v) is 3.75. The zero-order valence-electron chi connectivity index (χ0n) is 7.88. The Labute approximate surface area is 122 Å². The second-order valence-electron chi connectivity index (χ2n) is 3.44. The molecule has 0 bridgehead atoms. The fourth-order valence-corrected chi connectivity index (χ4v) is 2.72. The molecular weight excluding hydrogens is 464 g/mol. The van der Waals surface area contributed by atoms with E-state index in [1.807, 2.05) is 6.92 Å². The molecule has 0 aromatic carbocycles. The lowest BCUT2D eigenvalue weighted by Gasteiger charge is -2.25. The molecule has 7 heteroatoms. The van der Waals surface area contributed by atoms with Crippen molar-refractivity contribution in [1.29, 1.82) is 0 Å². The van der Waals surface area contributed by atoms with E-state index >= 15 is 0 Å². The van der Waals surface area contributed by atoms with Crippen LogP contribution in [0.3, 0.4) is 0 Å². The number of aldehydes is 1. The summed E-state index contributed by atoms with van der Waals surface area (Å²) in [5, 5.41) is 0.754. The maximum absolute atomic E-state index is 10.9. The minimum absolute atomic E-state index is 0.549. The van der Waals surface area contributed by atoms with Gasteiger partial charge < -0.3 is 14.3 Å². The smallest absolute Gasteiger partial charge is 0.194 e. The second-order valence-corrected chi connectivity index (χ2v) is 11.2. The first kappa shape index (κ1) is 14.6. The molecule has 1 rings (SSSR count).